The van der Waals surface area contributed by atoms with Crippen molar-refractivity contribution in [3.63, 3.8) is 0 Å². The third kappa shape index (κ3) is 5.06. The van der Waals surface area contributed by atoms with Crippen LogP contribution in [0.15, 0.2) is 48.9 Å². The van der Waals surface area contributed by atoms with Gasteiger partial charge < -0.3 is 4.74 Å². The molecule has 2 heterocycles. The number of hydrogen-bond donors (Lipinski definition) is 0. The highest BCUT2D eigenvalue weighted by Crippen LogP contribution is 2.44. The fourth-order valence-corrected chi connectivity index (χ4v) is 4.75. The Labute approximate surface area is 193 Å². The predicted molar refractivity (Wildman–Crippen MR) is 132 cm³/mol. The Hall–Kier alpha value is -2.62. The summed E-state index contributed by atoms with van der Waals surface area (Å²) in [4.78, 5) is 17.8. The van der Waals surface area contributed by atoms with Crippen molar-refractivity contribution in [3.8, 4) is 5.75 Å². The van der Waals surface area contributed by atoms with E-state index in [1.807, 2.05) is 50.4 Å². The molecule has 3 aromatic rings. The molecule has 2 aliphatic carbocycles. The number of methoxy groups -OCH3 is 1. The second kappa shape index (κ2) is 11.3. The quantitative estimate of drug-likeness (QED) is 0.392. The van der Waals surface area contributed by atoms with Crippen LogP contribution in [0.5, 0.6) is 5.75 Å². The molecular weight excluding hydrogens is 396 g/mol. The summed E-state index contributed by atoms with van der Waals surface area (Å²) < 4.78 is 7.29. The van der Waals surface area contributed by atoms with E-state index in [0.717, 1.165) is 42.6 Å². The highest BCUT2D eigenvalue weighted by Gasteiger charge is 2.34. The lowest BCUT2D eigenvalue weighted by Crippen LogP contribution is -2.24. The zero-order chi connectivity index (χ0) is 23.1. The summed E-state index contributed by atoms with van der Waals surface area (Å²) in [6.07, 6.45) is 10.1. The molecule has 0 atom stereocenters. The number of ether oxygens (including phenoxy) is 1. The molecule has 0 saturated heterocycles. The maximum Gasteiger partial charge on any atom is 0.182 e. The second-order valence-electron chi connectivity index (χ2n) is 8.29. The fourth-order valence-electron chi connectivity index (χ4n) is 4.75. The molecule has 2 fully saturated rings. The van der Waals surface area contributed by atoms with Crippen LogP contribution in [0.1, 0.15) is 99.7 Å². The first-order valence-corrected chi connectivity index (χ1v) is 12.4. The number of hydrogen-bond acceptors (Lipinski definition) is 3. The molecule has 0 unspecified atom stereocenters. The normalized spacial score (nSPS) is 19.9. The van der Waals surface area contributed by atoms with E-state index in [1.54, 1.807) is 13.4 Å². The largest absolute Gasteiger partial charge is 0.497 e. The van der Waals surface area contributed by atoms with Gasteiger partial charge in [-0.2, -0.15) is 0 Å². The molecule has 2 aliphatic rings. The van der Waals surface area contributed by atoms with Gasteiger partial charge in [-0.1, -0.05) is 45.9 Å². The van der Waals surface area contributed by atoms with Crippen molar-refractivity contribution in [2.75, 3.05) is 7.11 Å². The maximum absolute atomic E-state index is 13.5. The topological polar surface area (TPSA) is 43.6 Å². The second-order valence-corrected chi connectivity index (χ2v) is 8.29. The average Bonchev–Trinajstić information content (AvgIpc) is 3.62. The molecule has 2 saturated carbocycles. The first kappa shape index (κ1) is 24.0. The Bertz CT molecular complexity index is 994. The SMILES string of the molecule is CC.CC.COc1ccc(C2CCC(C(=O)c3c(C4CC4)ccc4cncn34)CC2)cc1. The number of nitrogens with zero attached hydrogens (tertiary/aromatic N) is 2. The van der Waals surface area contributed by atoms with Crippen LogP contribution in [0.3, 0.4) is 0 Å². The van der Waals surface area contributed by atoms with E-state index in [2.05, 4.69) is 29.2 Å². The lowest BCUT2D eigenvalue weighted by Gasteiger charge is -2.28. The number of rotatable bonds is 5. The molecule has 4 heteroatoms. The van der Waals surface area contributed by atoms with Crippen LogP contribution in [-0.4, -0.2) is 22.3 Å². The number of Topliss-reactive ketones (excluding diaryl/α,β-unsaturated/α-hetero) is 1. The highest BCUT2D eigenvalue weighted by molar-refractivity contribution is 5.98. The zero-order valence-corrected chi connectivity index (χ0v) is 20.3. The number of carbonyl (C=O) groups excluding carboxylic acids is 1. The van der Waals surface area contributed by atoms with E-state index in [9.17, 15) is 4.79 Å². The number of carbonyl (C=O) groups is 1. The summed E-state index contributed by atoms with van der Waals surface area (Å²) in [6.45, 7) is 8.00. The van der Waals surface area contributed by atoms with Gasteiger partial charge in [0, 0.05) is 5.92 Å². The van der Waals surface area contributed by atoms with E-state index in [0.29, 0.717) is 17.6 Å². The highest BCUT2D eigenvalue weighted by atomic mass is 16.5. The third-order valence-electron chi connectivity index (χ3n) is 6.55. The molecule has 1 aromatic carbocycles. The smallest absolute Gasteiger partial charge is 0.182 e. The van der Waals surface area contributed by atoms with Crippen LogP contribution in [0.4, 0.5) is 0 Å². The van der Waals surface area contributed by atoms with Crippen LogP contribution < -0.4 is 4.74 Å². The predicted octanol–water partition coefficient (Wildman–Crippen LogP) is 7.43. The number of pyridine rings is 1. The van der Waals surface area contributed by atoms with E-state index < -0.39 is 0 Å². The number of aromatic nitrogens is 2. The Balaban J connectivity index is 0.000000686. The number of benzene rings is 1. The molecule has 32 heavy (non-hydrogen) atoms. The maximum atomic E-state index is 13.5. The summed E-state index contributed by atoms with van der Waals surface area (Å²) in [5.41, 5.74) is 4.50. The van der Waals surface area contributed by atoms with Crippen molar-refractivity contribution in [1.29, 1.82) is 0 Å². The lowest BCUT2D eigenvalue weighted by atomic mass is 9.76. The van der Waals surface area contributed by atoms with Crippen LogP contribution in [0.2, 0.25) is 0 Å². The van der Waals surface area contributed by atoms with Gasteiger partial charge in [-0.15, -0.1) is 0 Å². The van der Waals surface area contributed by atoms with E-state index in [1.165, 1.54) is 24.0 Å². The molecule has 5 rings (SSSR count). The van der Waals surface area contributed by atoms with Gasteiger partial charge in [0.2, 0.25) is 0 Å². The van der Waals surface area contributed by atoms with Gasteiger partial charge in [0.25, 0.3) is 0 Å². The average molecular weight is 435 g/mol. The minimum Gasteiger partial charge on any atom is -0.497 e. The zero-order valence-electron chi connectivity index (χ0n) is 20.3. The van der Waals surface area contributed by atoms with Gasteiger partial charge >= 0.3 is 0 Å². The summed E-state index contributed by atoms with van der Waals surface area (Å²) in [5, 5.41) is 0. The molecular formula is C28H38N2O2. The molecule has 0 amide bonds. The standard InChI is InChI=1S/C24H26N2O2.2C2H6/c1-28-21-11-8-17(9-12-21)16-2-6-19(7-3-16)24(27)23-22(18-4-5-18)13-10-20-14-25-15-26(20)23;2*1-2/h8-16,18-19H,2-7H2,1H3;2*1-2H3. The van der Waals surface area contributed by atoms with Crippen LogP contribution in [-0.2, 0) is 0 Å². The summed E-state index contributed by atoms with van der Waals surface area (Å²) in [5.74, 6) is 2.44. The van der Waals surface area contributed by atoms with Crippen molar-refractivity contribution in [2.24, 2.45) is 5.92 Å². The molecule has 0 radical (unpaired) electrons. The van der Waals surface area contributed by atoms with Gasteiger partial charge in [-0.25, -0.2) is 4.98 Å². The molecule has 2 aromatic heterocycles. The summed E-state index contributed by atoms with van der Waals surface area (Å²) >= 11 is 0. The van der Waals surface area contributed by atoms with Crippen LogP contribution in [0, 0.1) is 5.92 Å². The first-order chi connectivity index (χ1) is 15.7. The Kier molecular flexibility index (Phi) is 8.49. The van der Waals surface area contributed by atoms with E-state index >= 15 is 0 Å². The molecule has 172 valence electrons. The van der Waals surface area contributed by atoms with Crippen molar-refractivity contribution >= 4 is 11.3 Å². The van der Waals surface area contributed by atoms with Crippen molar-refractivity contribution in [2.45, 2.75) is 78.1 Å². The third-order valence-corrected chi connectivity index (χ3v) is 6.55. The van der Waals surface area contributed by atoms with Gasteiger partial charge in [0.1, 0.15) is 5.75 Å². The number of fused-ring (bicyclic) bond motifs is 1. The minimum atomic E-state index is 0.125. The molecule has 0 spiro atoms. The Morgan fingerprint density at radius 2 is 1.50 bits per heavy atom. The van der Waals surface area contributed by atoms with Crippen molar-refractivity contribution in [3.05, 3.63) is 65.7 Å². The molecule has 0 N–H and O–H groups in total. The van der Waals surface area contributed by atoms with Crippen LogP contribution >= 0.6 is 0 Å². The Morgan fingerprint density at radius 1 is 0.875 bits per heavy atom. The van der Waals surface area contributed by atoms with E-state index in [4.69, 9.17) is 4.74 Å². The van der Waals surface area contributed by atoms with Crippen molar-refractivity contribution < 1.29 is 9.53 Å². The lowest BCUT2D eigenvalue weighted by molar-refractivity contribution is 0.0876. The first-order valence-electron chi connectivity index (χ1n) is 12.4. The number of ketones is 1. The molecule has 0 bridgehead atoms. The van der Waals surface area contributed by atoms with Gasteiger partial charge in [0.05, 0.1) is 30.8 Å². The van der Waals surface area contributed by atoms with Gasteiger partial charge in [0.15, 0.2) is 5.78 Å². The minimum absolute atomic E-state index is 0.125. The number of imidazole rings is 1. The fraction of sp³-hybridized carbons (Fsp3) is 0.500. The molecule has 4 nitrogen and oxygen atoms in total. The van der Waals surface area contributed by atoms with Gasteiger partial charge in [-0.3, -0.25) is 9.20 Å². The monoisotopic (exact) mass is 434 g/mol. The van der Waals surface area contributed by atoms with E-state index in [-0.39, 0.29) is 5.92 Å². The van der Waals surface area contributed by atoms with Crippen molar-refractivity contribution in [1.82, 2.24) is 9.38 Å². The summed E-state index contributed by atoms with van der Waals surface area (Å²) in [7, 11) is 1.70. The Morgan fingerprint density at radius 3 is 2.09 bits per heavy atom. The summed E-state index contributed by atoms with van der Waals surface area (Å²) in [6, 6.07) is 12.7. The van der Waals surface area contributed by atoms with Gasteiger partial charge in [-0.05, 0) is 79.7 Å². The van der Waals surface area contributed by atoms with Crippen LogP contribution in [0.25, 0.3) is 5.52 Å². The molecule has 0 aliphatic heterocycles.